The molecule has 1 aromatic carbocycles. The highest BCUT2D eigenvalue weighted by atomic mass is 32.1. The molecule has 0 amide bonds. The van der Waals surface area contributed by atoms with Crippen molar-refractivity contribution in [2.75, 3.05) is 18.0 Å². The number of rotatable bonds is 6. The minimum Gasteiger partial charge on any atom is -0.393 e. The molecule has 1 heterocycles. The molecule has 3 nitrogen and oxygen atoms in total. The van der Waals surface area contributed by atoms with E-state index >= 15 is 0 Å². The summed E-state index contributed by atoms with van der Waals surface area (Å²) in [5.41, 5.74) is 6.86. The van der Waals surface area contributed by atoms with Crippen LogP contribution in [0.1, 0.15) is 33.1 Å². The molecule has 0 bridgehead atoms. The number of nitrogens with zero attached hydrogens (tertiary/aromatic N) is 1. The van der Waals surface area contributed by atoms with E-state index in [0.717, 1.165) is 32.4 Å². The number of benzene rings is 1. The van der Waals surface area contributed by atoms with Crippen LogP contribution in [0, 0.1) is 0 Å². The van der Waals surface area contributed by atoms with Crippen molar-refractivity contribution >= 4 is 22.9 Å². The summed E-state index contributed by atoms with van der Waals surface area (Å²) < 4.78 is 6.10. The van der Waals surface area contributed by atoms with Crippen molar-refractivity contribution in [1.82, 2.24) is 0 Å². The maximum Gasteiger partial charge on any atom is 0.0758 e. The van der Waals surface area contributed by atoms with E-state index in [1.54, 1.807) is 0 Å². The lowest BCUT2D eigenvalue weighted by Crippen LogP contribution is -2.35. The number of hydrogen-bond donors (Lipinski definition) is 1. The molecule has 2 N–H and O–H groups in total. The first-order valence-electron chi connectivity index (χ1n) is 7.22. The van der Waals surface area contributed by atoms with Gasteiger partial charge < -0.3 is 15.4 Å². The van der Waals surface area contributed by atoms with E-state index in [1.807, 2.05) is 6.07 Å². The van der Waals surface area contributed by atoms with Gasteiger partial charge in [0.1, 0.15) is 0 Å². The van der Waals surface area contributed by atoms with Crippen LogP contribution in [0.2, 0.25) is 0 Å². The third kappa shape index (κ3) is 4.46. The van der Waals surface area contributed by atoms with E-state index in [-0.39, 0.29) is 11.7 Å². The smallest absolute Gasteiger partial charge is 0.0758 e. The minimum absolute atomic E-state index is 0.0101. The molecule has 0 aromatic heterocycles. The molecule has 4 heteroatoms. The maximum absolute atomic E-state index is 6.10. The van der Waals surface area contributed by atoms with Gasteiger partial charge in [0.05, 0.1) is 16.7 Å². The molecule has 1 unspecified atom stereocenters. The monoisotopic (exact) mass is 292 g/mol. The molecule has 1 aliphatic heterocycles. The summed E-state index contributed by atoms with van der Waals surface area (Å²) in [5.74, 6) is 0. The molecule has 20 heavy (non-hydrogen) atoms. The van der Waals surface area contributed by atoms with Crippen molar-refractivity contribution in [2.45, 2.75) is 44.8 Å². The highest BCUT2D eigenvalue weighted by Gasteiger charge is 2.32. The molecular weight excluding hydrogens is 268 g/mol. The van der Waals surface area contributed by atoms with Crippen LogP contribution in [0.25, 0.3) is 0 Å². The normalized spacial score (nSPS) is 20.8. The van der Waals surface area contributed by atoms with E-state index in [2.05, 4.69) is 43.0 Å². The zero-order chi connectivity index (χ0) is 14.6. The molecule has 0 aliphatic carbocycles. The highest BCUT2D eigenvalue weighted by Crippen LogP contribution is 2.30. The van der Waals surface area contributed by atoms with E-state index in [0.29, 0.717) is 4.99 Å². The Bertz CT molecular complexity index is 447. The van der Waals surface area contributed by atoms with Gasteiger partial charge in [-0.15, -0.1) is 0 Å². The van der Waals surface area contributed by atoms with E-state index in [9.17, 15) is 0 Å². The summed E-state index contributed by atoms with van der Waals surface area (Å²) in [6.07, 6.45) is 3.26. The second-order valence-electron chi connectivity index (χ2n) is 6.04. The van der Waals surface area contributed by atoms with Gasteiger partial charge in [0, 0.05) is 25.2 Å². The summed E-state index contributed by atoms with van der Waals surface area (Å²) in [5, 5.41) is 0. The fourth-order valence-electron chi connectivity index (χ4n) is 2.66. The van der Waals surface area contributed by atoms with Crippen molar-refractivity contribution in [3.8, 4) is 0 Å². The van der Waals surface area contributed by atoms with Gasteiger partial charge in [0.2, 0.25) is 0 Å². The SMILES string of the molecule is CC1(C)CCC(CN(CCC(N)=S)c2ccccc2)O1. The molecule has 2 rings (SSSR count). The Morgan fingerprint density at radius 1 is 1.40 bits per heavy atom. The average molecular weight is 292 g/mol. The van der Waals surface area contributed by atoms with Crippen molar-refractivity contribution in [3.63, 3.8) is 0 Å². The highest BCUT2D eigenvalue weighted by molar-refractivity contribution is 7.80. The van der Waals surface area contributed by atoms with E-state index in [4.69, 9.17) is 22.7 Å². The lowest BCUT2D eigenvalue weighted by atomic mass is 10.1. The van der Waals surface area contributed by atoms with Crippen LogP contribution in [0.4, 0.5) is 5.69 Å². The van der Waals surface area contributed by atoms with Crippen LogP contribution in [0.3, 0.4) is 0 Å². The number of ether oxygens (including phenoxy) is 1. The second-order valence-corrected chi connectivity index (χ2v) is 6.56. The van der Waals surface area contributed by atoms with Gasteiger partial charge in [-0.05, 0) is 38.8 Å². The van der Waals surface area contributed by atoms with E-state index in [1.165, 1.54) is 5.69 Å². The third-order valence-corrected chi connectivity index (χ3v) is 3.93. The van der Waals surface area contributed by atoms with Gasteiger partial charge >= 0.3 is 0 Å². The molecule has 1 atom stereocenters. The standard InChI is InChI=1S/C16H24N2OS/c1-16(2)10-8-14(19-16)12-18(11-9-15(17)20)13-6-4-3-5-7-13/h3-7,14H,8-12H2,1-2H3,(H2,17,20). The fraction of sp³-hybridized carbons (Fsp3) is 0.562. The number of hydrogen-bond acceptors (Lipinski definition) is 3. The Labute approximate surface area is 127 Å². The van der Waals surface area contributed by atoms with Crippen LogP contribution in [0.5, 0.6) is 0 Å². The molecule has 1 aromatic rings. The largest absolute Gasteiger partial charge is 0.393 e. The molecule has 0 spiro atoms. The zero-order valence-electron chi connectivity index (χ0n) is 12.3. The molecule has 110 valence electrons. The topological polar surface area (TPSA) is 38.5 Å². The Morgan fingerprint density at radius 3 is 2.65 bits per heavy atom. The first kappa shape index (κ1) is 15.3. The Hall–Kier alpha value is -1.13. The summed E-state index contributed by atoms with van der Waals surface area (Å²) >= 11 is 5.00. The molecule has 1 fully saturated rings. The van der Waals surface area contributed by atoms with E-state index < -0.39 is 0 Å². The summed E-state index contributed by atoms with van der Waals surface area (Å²) in [6, 6.07) is 10.4. The van der Waals surface area contributed by atoms with Crippen LogP contribution >= 0.6 is 12.2 Å². The lowest BCUT2D eigenvalue weighted by Gasteiger charge is -2.28. The number of thiocarbonyl (C=S) groups is 1. The summed E-state index contributed by atoms with van der Waals surface area (Å²) in [7, 11) is 0. The van der Waals surface area contributed by atoms with Crippen LogP contribution < -0.4 is 10.6 Å². The lowest BCUT2D eigenvalue weighted by molar-refractivity contribution is -0.0115. The van der Waals surface area contributed by atoms with Gasteiger partial charge in [-0.3, -0.25) is 0 Å². The molecule has 1 saturated heterocycles. The van der Waals surface area contributed by atoms with Gasteiger partial charge in [-0.1, -0.05) is 30.4 Å². The van der Waals surface area contributed by atoms with Crippen molar-refractivity contribution in [3.05, 3.63) is 30.3 Å². The zero-order valence-corrected chi connectivity index (χ0v) is 13.2. The third-order valence-electron chi connectivity index (χ3n) is 3.73. The van der Waals surface area contributed by atoms with Gasteiger partial charge in [-0.2, -0.15) is 0 Å². The Morgan fingerprint density at radius 2 is 2.10 bits per heavy atom. The average Bonchev–Trinajstić information content (AvgIpc) is 2.74. The fourth-order valence-corrected chi connectivity index (χ4v) is 2.75. The first-order valence-corrected chi connectivity index (χ1v) is 7.63. The Kier molecular flexibility index (Phi) is 5.00. The van der Waals surface area contributed by atoms with Crippen molar-refractivity contribution in [1.29, 1.82) is 0 Å². The predicted molar refractivity (Wildman–Crippen MR) is 88.2 cm³/mol. The Balaban J connectivity index is 2.01. The molecule has 0 radical (unpaired) electrons. The van der Waals surface area contributed by atoms with Gasteiger partial charge in [0.15, 0.2) is 0 Å². The number of anilines is 1. The summed E-state index contributed by atoms with van der Waals surface area (Å²) in [6.45, 7) is 6.07. The summed E-state index contributed by atoms with van der Waals surface area (Å²) in [4.78, 5) is 2.89. The van der Waals surface area contributed by atoms with Gasteiger partial charge in [-0.25, -0.2) is 0 Å². The van der Waals surface area contributed by atoms with Gasteiger partial charge in [0.25, 0.3) is 0 Å². The minimum atomic E-state index is 0.0101. The van der Waals surface area contributed by atoms with Crippen LogP contribution in [0.15, 0.2) is 30.3 Å². The number of nitrogens with two attached hydrogens (primary N) is 1. The molecular formula is C16H24N2OS. The predicted octanol–water partition coefficient (Wildman–Crippen LogP) is 3.13. The second kappa shape index (κ2) is 6.55. The van der Waals surface area contributed by atoms with Crippen LogP contribution in [-0.4, -0.2) is 29.8 Å². The maximum atomic E-state index is 6.10. The molecule has 0 saturated carbocycles. The quantitative estimate of drug-likeness (QED) is 0.818. The number of para-hydroxylation sites is 1. The van der Waals surface area contributed by atoms with Crippen molar-refractivity contribution in [2.24, 2.45) is 5.73 Å². The van der Waals surface area contributed by atoms with Crippen molar-refractivity contribution < 1.29 is 4.74 Å². The molecule has 1 aliphatic rings. The first-order chi connectivity index (χ1) is 9.46. The van der Waals surface area contributed by atoms with Crippen LogP contribution in [-0.2, 0) is 4.74 Å².